The van der Waals surface area contributed by atoms with E-state index in [1.54, 1.807) is 55.4 Å². The van der Waals surface area contributed by atoms with Crippen LogP contribution in [0.1, 0.15) is 115 Å². The van der Waals surface area contributed by atoms with Crippen LogP contribution in [0.4, 0.5) is 11.4 Å². The fraction of sp³-hybridized carbons (Fsp3) is 0.345. The van der Waals surface area contributed by atoms with Gasteiger partial charge in [0.05, 0.1) is 28.8 Å². The molecule has 0 bridgehead atoms. The quantitative estimate of drug-likeness (QED) is 0.0336. The molecule has 77 heavy (non-hydrogen) atoms. The number of hydrazone groups is 2. The largest absolute Gasteiger partial charge is 0.387 e. The lowest BCUT2D eigenvalue weighted by atomic mass is 9.94. The number of amides is 4. The van der Waals surface area contributed by atoms with Gasteiger partial charge in [-0.2, -0.15) is 10.2 Å². The van der Waals surface area contributed by atoms with Crippen LogP contribution in [0, 0.1) is 6.92 Å². The number of halogens is 1. The number of hydrogen-bond acceptors (Lipinski definition) is 14. The second-order valence-electron chi connectivity index (χ2n) is 18.9. The fourth-order valence-electron chi connectivity index (χ4n) is 8.93. The van der Waals surface area contributed by atoms with Crippen LogP contribution in [0.5, 0.6) is 0 Å². The number of fused-ring (bicyclic) bond motifs is 2. The number of aldehydes is 2. The number of nitrogens with zero attached hydrogens (tertiary/aromatic N) is 8. The summed E-state index contributed by atoms with van der Waals surface area (Å²) in [6.07, 6.45) is 11.6. The van der Waals surface area contributed by atoms with Gasteiger partial charge in [0.1, 0.15) is 24.8 Å². The molecule has 19 heteroatoms. The second kappa shape index (κ2) is 27.5. The maximum absolute atomic E-state index is 14.2. The van der Waals surface area contributed by atoms with E-state index in [0.29, 0.717) is 98.5 Å². The van der Waals surface area contributed by atoms with Crippen molar-refractivity contribution in [3.8, 4) is 22.3 Å². The first-order valence-electron chi connectivity index (χ1n) is 25.9. The number of likely N-dealkylation sites (N-methyl/N-ethyl adjacent to an activating group) is 3. The highest BCUT2D eigenvalue weighted by Gasteiger charge is 2.25. The summed E-state index contributed by atoms with van der Waals surface area (Å²) in [5, 5.41) is 14.6. The van der Waals surface area contributed by atoms with Crippen LogP contribution in [0.2, 0.25) is 5.02 Å². The van der Waals surface area contributed by atoms with Crippen LogP contribution < -0.4 is 21.9 Å². The minimum Gasteiger partial charge on any atom is -0.387 e. The van der Waals surface area contributed by atoms with Gasteiger partial charge in [-0.1, -0.05) is 69.6 Å². The lowest BCUT2D eigenvalue weighted by Crippen LogP contribution is -2.45. The molecule has 4 aromatic rings. The van der Waals surface area contributed by atoms with E-state index in [2.05, 4.69) is 40.2 Å². The van der Waals surface area contributed by atoms with Gasteiger partial charge in [-0.05, 0) is 103 Å². The predicted molar refractivity (Wildman–Crippen MR) is 308 cm³/mol. The zero-order valence-corrected chi connectivity index (χ0v) is 46.0. The molecule has 6 rings (SSSR count). The molecular weight excluding hydrogens is 996 g/mol. The number of hydrogen-bond donors (Lipinski definition) is 4. The number of hydrazine groups is 1. The van der Waals surface area contributed by atoms with E-state index < -0.39 is 5.91 Å². The minimum atomic E-state index is -0.475. The van der Waals surface area contributed by atoms with Gasteiger partial charge in [0, 0.05) is 105 Å². The van der Waals surface area contributed by atoms with Crippen LogP contribution in [0.25, 0.3) is 34.4 Å². The topological polar surface area (TPSA) is 227 Å². The molecule has 0 aliphatic carbocycles. The van der Waals surface area contributed by atoms with Crippen molar-refractivity contribution in [3.63, 3.8) is 0 Å². The Hall–Kier alpha value is -8.25. The molecule has 2 aliphatic rings. The number of carbonyl (C=O) groups is 6. The Bertz CT molecular complexity index is 3080. The van der Waals surface area contributed by atoms with Gasteiger partial charge in [-0.3, -0.25) is 49.6 Å². The molecule has 404 valence electrons. The van der Waals surface area contributed by atoms with Gasteiger partial charge in [0.2, 0.25) is 17.7 Å². The number of aryl methyl sites for hydroxylation is 1. The zero-order valence-electron chi connectivity index (χ0n) is 45.2. The van der Waals surface area contributed by atoms with Gasteiger partial charge in [0.15, 0.2) is 12.6 Å². The van der Waals surface area contributed by atoms with Crippen molar-refractivity contribution in [2.75, 3.05) is 60.4 Å². The summed E-state index contributed by atoms with van der Waals surface area (Å²) in [6, 6.07) is 18.1. The first-order valence-corrected chi connectivity index (χ1v) is 26.2. The van der Waals surface area contributed by atoms with Crippen molar-refractivity contribution < 1.29 is 28.8 Å². The fourth-order valence-corrected chi connectivity index (χ4v) is 9.19. The van der Waals surface area contributed by atoms with Crippen molar-refractivity contribution in [2.45, 2.75) is 73.1 Å². The third-order valence-corrected chi connectivity index (χ3v) is 13.0. The number of nitrogens with two attached hydrogens (primary N) is 1. The molecule has 0 radical (unpaired) electrons. The molecule has 0 saturated heterocycles. The molecule has 0 spiro atoms. The van der Waals surface area contributed by atoms with Crippen molar-refractivity contribution in [1.82, 2.24) is 36.0 Å². The Morgan fingerprint density at radius 3 is 1.62 bits per heavy atom. The lowest BCUT2D eigenvalue weighted by Gasteiger charge is -2.23. The number of carbonyl (C=O) groups excluding carboxylic acids is 6. The maximum Gasteiger partial charge on any atom is 0.259 e. The SMILES string of the molecule is CCCN(CCC)C(=O)C1=Cc2c(C)cc(-c3ccc(C=O)c(/C=N\N(C)CC(=O)NNC4=Nc5cc(-c6ccc(C=O)c(/C=N\N(C)CC(=O)NC)c6)cc(Cl)c5C=C(C(=O)N(CCC)CCC)C4)c3)cc2N=C(N)C1. The average Bonchev–Trinajstić information content (AvgIpc) is 3.72. The van der Waals surface area contributed by atoms with Crippen LogP contribution in [-0.2, 0) is 19.2 Å². The number of nitrogens with one attached hydrogen (secondary N) is 3. The molecule has 4 aromatic carbocycles. The first-order chi connectivity index (χ1) is 37.0. The molecule has 4 amide bonds. The third-order valence-electron chi connectivity index (χ3n) is 12.7. The number of rotatable bonds is 22. The average molecular weight is 1070 g/mol. The Morgan fingerprint density at radius 2 is 1.12 bits per heavy atom. The summed E-state index contributed by atoms with van der Waals surface area (Å²) >= 11 is 7.03. The normalized spacial score (nSPS) is 12.9. The van der Waals surface area contributed by atoms with E-state index in [-0.39, 0.29) is 49.5 Å². The van der Waals surface area contributed by atoms with Gasteiger partial charge in [-0.15, -0.1) is 0 Å². The summed E-state index contributed by atoms with van der Waals surface area (Å²) in [5.74, 6) is -0.304. The standard InChI is InChI=1S/C58H69ClN12O6/c1-9-17-70(18-10-2)57(76)44-24-48-37(5)21-42(27-51(48)64-53(60)29-44)38-13-15-40(35-72)46(22-38)32-63-69(8)34-56(75)67-66-54-30-45(58(77)71(19-11-3)20-12-4)25-49-50(59)26-43(28-52(49)65-54)39-14-16-41(36-73)47(23-39)31-62-68(7)33-55(74)61-6/h13-16,21-28,31-32,35-36H,9-12,17-20,29-30,33-34H2,1-8H3,(H2,60,64)(H,61,74)(H,65,66)(H,67,75)/b62-31-,63-32-. The highest BCUT2D eigenvalue weighted by Crippen LogP contribution is 2.39. The Balaban J connectivity index is 1.23. The number of aliphatic imine (C=N–C) groups is 2. The Kier molecular flexibility index (Phi) is 20.7. The maximum atomic E-state index is 14.2. The number of benzene rings is 4. The molecule has 18 nitrogen and oxygen atoms in total. The minimum absolute atomic E-state index is 0.0177. The predicted octanol–water partition coefficient (Wildman–Crippen LogP) is 8.10. The van der Waals surface area contributed by atoms with Crippen LogP contribution in [0.3, 0.4) is 0 Å². The van der Waals surface area contributed by atoms with Gasteiger partial charge >= 0.3 is 0 Å². The number of amidine groups is 2. The molecule has 0 saturated carbocycles. The smallest absolute Gasteiger partial charge is 0.259 e. The van der Waals surface area contributed by atoms with E-state index in [4.69, 9.17) is 27.3 Å². The molecule has 2 heterocycles. The first kappa shape index (κ1) is 58.0. The highest BCUT2D eigenvalue weighted by molar-refractivity contribution is 6.33. The van der Waals surface area contributed by atoms with E-state index in [1.807, 2.05) is 62.1 Å². The lowest BCUT2D eigenvalue weighted by molar-refractivity contribution is -0.128. The zero-order chi connectivity index (χ0) is 55.8. The molecule has 2 aliphatic heterocycles. The van der Waals surface area contributed by atoms with Crippen molar-refractivity contribution in [1.29, 1.82) is 0 Å². The molecule has 0 fully saturated rings. The molecular formula is C58H69ClN12O6. The molecule has 0 atom stereocenters. The van der Waals surface area contributed by atoms with E-state index in [9.17, 15) is 28.8 Å². The van der Waals surface area contributed by atoms with Crippen LogP contribution >= 0.6 is 11.6 Å². The summed E-state index contributed by atoms with van der Waals surface area (Å²) in [6.45, 7) is 12.3. The van der Waals surface area contributed by atoms with Crippen LogP contribution in [0.15, 0.2) is 92.0 Å². The van der Waals surface area contributed by atoms with E-state index >= 15 is 0 Å². The highest BCUT2D eigenvalue weighted by atomic mass is 35.5. The van der Waals surface area contributed by atoms with Crippen molar-refractivity contribution in [2.24, 2.45) is 25.9 Å². The van der Waals surface area contributed by atoms with Gasteiger partial charge in [-0.25, -0.2) is 9.98 Å². The van der Waals surface area contributed by atoms with Crippen molar-refractivity contribution in [3.05, 3.63) is 116 Å². The van der Waals surface area contributed by atoms with E-state index in [0.717, 1.165) is 60.5 Å². The summed E-state index contributed by atoms with van der Waals surface area (Å²) in [5.41, 5.74) is 21.2. The van der Waals surface area contributed by atoms with Crippen molar-refractivity contribution >= 4 is 95.4 Å². The van der Waals surface area contributed by atoms with E-state index in [1.165, 1.54) is 29.5 Å². The van der Waals surface area contributed by atoms with Crippen LogP contribution in [-0.4, -0.2) is 141 Å². The summed E-state index contributed by atoms with van der Waals surface area (Å²) in [4.78, 5) is 90.9. The van der Waals surface area contributed by atoms with Gasteiger partial charge in [0.25, 0.3) is 5.91 Å². The summed E-state index contributed by atoms with van der Waals surface area (Å²) in [7, 11) is 4.80. The second-order valence-corrected chi connectivity index (χ2v) is 19.4. The molecule has 0 aromatic heterocycles. The monoisotopic (exact) mass is 1060 g/mol. The summed E-state index contributed by atoms with van der Waals surface area (Å²) < 4.78 is 0. The molecule has 0 unspecified atom stereocenters. The third kappa shape index (κ3) is 15.2. The Morgan fingerprint density at radius 1 is 0.636 bits per heavy atom. The Labute approximate surface area is 455 Å². The molecule has 5 N–H and O–H groups in total. The van der Waals surface area contributed by atoms with Gasteiger partial charge < -0.3 is 20.9 Å².